The number of nitrogens with zero attached hydrogens (tertiary/aromatic N) is 4. The van der Waals surface area contributed by atoms with E-state index in [0.717, 1.165) is 23.2 Å². The van der Waals surface area contributed by atoms with E-state index in [1.807, 2.05) is 28.9 Å². The summed E-state index contributed by atoms with van der Waals surface area (Å²) in [4.78, 5) is 0. The van der Waals surface area contributed by atoms with Gasteiger partial charge < -0.3 is 0 Å². The summed E-state index contributed by atoms with van der Waals surface area (Å²) in [5.74, 6) is 0. The third kappa shape index (κ3) is 2.75. The fourth-order valence-corrected chi connectivity index (χ4v) is 2.44. The van der Waals surface area contributed by atoms with Crippen molar-refractivity contribution in [2.45, 2.75) is 19.9 Å². The van der Waals surface area contributed by atoms with Crippen LogP contribution in [0.1, 0.15) is 23.6 Å². The molecule has 1 aromatic heterocycles. The normalized spacial score (nSPS) is 10.4. The Bertz CT molecular complexity index is 810. The highest BCUT2D eigenvalue weighted by Gasteiger charge is 2.09. The fraction of sp³-hybridized carbons (Fsp3) is 0.167. The Kier molecular flexibility index (Phi) is 3.97. The minimum Gasteiger partial charge on any atom is -0.240 e. The van der Waals surface area contributed by atoms with E-state index in [1.165, 1.54) is 5.56 Å². The zero-order valence-corrected chi connectivity index (χ0v) is 12.4. The van der Waals surface area contributed by atoms with Crippen LogP contribution < -0.4 is 0 Å². The second-order valence-electron chi connectivity index (χ2n) is 5.10. The third-order valence-corrected chi connectivity index (χ3v) is 3.73. The molecular weight excluding hydrogens is 272 g/mol. The highest BCUT2D eigenvalue weighted by Crippen LogP contribution is 2.20. The van der Waals surface area contributed by atoms with Crippen LogP contribution in [0.5, 0.6) is 0 Å². The molecule has 0 radical (unpaired) electrons. The summed E-state index contributed by atoms with van der Waals surface area (Å²) < 4.78 is 1.83. The zero-order chi connectivity index (χ0) is 15.4. The van der Waals surface area contributed by atoms with Gasteiger partial charge in [0.1, 0.15) is 0 Å². The fourth-order valence-electron chi connectivity index (χ4n) is 2.44. The second-order valence-corrected chi connectivity index (χ2v) is 5.10. The maximum Gasteiger partial charge on any atom is 0.0995 e. The molecule has 2 aromatic carbocycles. The topological polar surface area (TPSA) is 54.5 Å². The molecule has 3 rings (SSSR count). The van der Waals surface area contributed by atoms with E-state index in [9.17, 15) is 5.26 Å². The minimum atomic E-state index is 0.536. The molecule has 22 heavy (non-hydrogen) atoms. The lowest BCUT2D eigenvalue weighted by Gasteiger charge is -2.08. The molecule has 0 spiro atoms. The van der Waals surface area contributed by atoms with Crippen molar-refractivity contribution in [3.8, 4) is 17.3 Å². The van der Waals surface area contributed by atoms with Gasteiger partial charge in [0.2, 0.25) is 0 Å². The molecule has 108 valence electrons. The maximum atomic E-state index is 9.20. The van der Waals surface area contributed by atoms with Gasteiger partial charge in [0.05, 0.1) is 30.1 Å². The molecule has 0 unspecified atom stereocenters. The van der Waals surface area contributed by atoms with Crippen molar-refractivity contribution < 1.29 is 0 Å². The van der Waals surface area contributed by atoms with Gasteiger partial charge in [0, 0.05) is 5.56 Å². The summed E-state index contributed by atoms with van der Waals surface area (Å²) >= 11 is 0. The highest BCUT2D eigenvalue weighted by atomic mass is 15.4. The van der Waals surface area contributed by atoms with Crippen molar-refractivity contribution in [1.82, 2.24) is 15.0 Å². The summed E-state index contributed by atoms with van der Waals surface area (Å²) in [6, 6.07) is 18.2. The number of benzene rings is 2. The Morgan fingerprint density at radius 3 is 2.59 bits per heavy atom. The monoisotopic (exact) mass is 288 g/mol. The number of aryl methyl sites for hydroxylation is 1. The molecule has 0 N–H and O–H groups in total. The predicted octanol–water partition coefficient (Wildman–Crippen LogP) is 3.43. The Labute approximate surface area is 129 Å². The summed E-state index contributed by atoms with van der Waals surface area (Å²) in [6.45, 7) is 2.67. The molecular formula is C18H16N4. The van der Waals surface area contributed by atoms with Gasteiger partial charge in [-0.05, 0) is 23.6 Å². The van der Waals surface area contributed by atoms with Crippen molar-refractivity contribution in [2.75, 3.05) is 0 Å². The first-order valence-corrected chi connectivity index (χ1v) is 7.27. The highest BCUT2D eigenvalue weighted by molar-refractivity contribution is 5.59. The molecule has 0 aliphatic carbocycles. The van der Waals surface area contributed by atoms with E-state index in [1.54, 1.807) is 6.20 Å². The van der Waals surface area contributed by atoms with E-state index in [-0.39, 0.29) is 0 Å². The predicted molar refractivity (Wildman–Crippen MR) is 85.1 cm³/mol. The van der Waals surface area contributed by atoms with Crippen molar-refractivity contribution in [3.63, 3.8) is 0 Å². The minimum absolute atomic E-state index is 0.536. The largest absolute Gasteiger partial charge is 0.240 e. The van der Waals surface area contributed by atoms with Crippen LogP contribution in [-0.4, -0.2) is 15.0 Å². The van der Waals surface area contributed by atoms with Crippen LogP contribution in [0.15, 0.2) is 54.7 Å². The molecule has 0 atom stereocenters. The smallest absolute Gasteiger partial charge is 0.0995 e. The molecule has 0 fully saturated rings. The Morgan fingerprint density at radius 2 is 1.86 bits per heavy atom. The van der Waals surface area contributed by atoms with Crippen LogP contribution in [0.4, 0.5) is 0 Å². The molecule has 0 amide bonds. The molecule has 3 aromatic rings. The SMILES string of the molecule is CCc1ccc(-c2cnnn2Cc2ccccc2C#N)cc1. The van der Waals surface area contributed by atoms with E-state index in [0.29, 0.717) is 12.1 Å². The number of aromatic nitrogens is 3. The summed E-state index contributed by atoms with van der Waals surface area (Å²) in [6.07, 6.45) is 2.78. The van der Waals surface area contributed by atoms with Gasteiger partial charge in [0.25, 0.3) is 0 Å². The van der Waals surface area contributed by atoms with Crippen molar-refractivity contribution in [1.29, 1.82) is 5.26 Å². The van der Waals surface area contributed by atoms with Gasteiger partial charge in [-0.3, -0.25) is 0 Å². The summed E-state index contributed by atoms with van der Waals surface area (Å²) in [7, 11) is 0. The van der Waals surface area contributed by atoms with Crippen LogP contribution in [0.2, 0.25) is 0 Å². The molecule has 0 aliphatic rings. The molecule has 4 nitrogen and oxygen atoms in total. The van der Waals surface area contributed by atoms with Crippen LogP contribution in [0.25, 0.3) is 11.3 Å². The lowest BCUT2D eigenvalue weighted by Crippen LogP contribution is -2.05. The number of nitriles is 1. The first kappa shape index (κ1) is 14.0. The van der Waals surface area contributed by atoms with Crippen LogP contribution in [0.3, 0.4) is 0 Å². The Balaban J connectivity index is 1.93. The second kappa shape index (κ2) is 6.23. The van der Waals surface area contributed by atoms with Crippen molar-refractivity contribution >= 4 is 0 Å². The lowest BCUT2D eigenvalue weighted by atomic mass is 10.1. The van der Waals surface area contributed by atoms with Gasteiger partial charge in [-0.15, -0.1) is 5.10 Å². The lowest BCUT2D eigenvalue weighted by molar-refractivity contribution is 0.654. The first-order chi connectivity index (χ1) is 10.8. The van der Waals surface area contributed by atoms with Gasteiger partial charge in [-0.25, -0.2) is 4.68 Å². The summed E-state index contributed by atoms with van der Waals surface area (Å²) in [5.41, 5.74) is 4.96. The number of hydrogen-bond donors (Lipinski definition) is 0. The Morgan fingerprint density at radius 1 is 1.09 bits per heavy atom. The number of rotatable bonds is 4. The van der Waals surface area contributed by atoms with E-state index in [4.69, 9.17) is 0 Å². The maximum absolute atomic E-state index is 9.20. The van der Waals surface area contributed by atoms with E-state index in [2.05, 4.69) is 47.6 Å². The van der Waals surface area contributed by atoms with E-state index >= 15 is 0 Å². The van der Waals surface area contributed by atoms with Gasteiger partial charge in [0.15, 0.2) is 0 Å². The zero-order valence-electron chi connectivity index (χ0n) is 12.4. The molecule has 4 heteroatoms. The van der Waals surface area contributed by atoms with Crippen molar-refractivity contribution in [3.05, 3.63) is 71.4 Å². The molecule has 0 bridgehead atoms. The summed E-state index contributed by atoms with van der Waals surface area (Å²) in [5, 5.41) is 17.4. The van der Waals surface area contributed by atoms with Crippen LogP contribution in [-0.2, 0) is 13.0 Å². The van der Waals surface area contributed by atoms with Gasteiger partial charge in [-0.1, -0.05) is 54.6 Å². The van der Waals surface area contributed by atoms with Gasteiger partial charge >= 0.3 is 0 Å². The average Bonchev–Trinajstić information content (AvgIpc) is 3.03. The molecule has 0 saturated heterocycles. The van der Waals surface area contributed by atoms with Crippen molar-refractivity contribution in [2.24, 2.45) is 0 Å². The Hall–Kier alpha value is -2.93. The standard InChI is InChI=1S/C18H16N4/c1-2-14-7-9-15(10-8-14)18-12-20-21-22(18)13-17-6-4-3-5-16(17)11-19/h3-10,12H,2,13H2,1H3. The molecule has 1 heterocycles. The third-order valence-electron chi connectivity index (χ3n) is 3.73. The van der Waals surface area contributed by atoms with Gasteiger partial charge in [-0.2, -0.15) is 5.26 Å². The average molecular weight is 288 g/mol. The van der Waals surface area contributed by atoms with E-state index < -0.39 is 0 Å². The molecule has 0 saturated carbocycles. The van der Waals surface area contributed by atoms with Crippen LogP contribution >= 0.6 is 0 Å². The quantitative estimate of drug-likeness (QED) is 0.739. The molecule has 0 aliphatic heterocycles. The first-order valence-electron chi connectivity index (χ1n) is 7.27. The number of hydrogen-bond acceptors (Lipinski definition) is 3. The van der Waals surface area contributed by atoms with Crippen LogP contribution in [0, 0.1) is 11.3 Å².